The van der Waals surface area contributed by atoms with Crippen molar-refractivity contribution in [3.05, 3.63) is 0 Å². The van der Waals surface area contributed by atoms with Gasteiger partial charge in [-0.25, -0.2) is 4.79 Å². The molecular formula is C11H18N2O4. The molecule has 0 aromatic rings. The van der Waals surface area contributed by atoms with Gasteiger partial charge in [-0.3, -0.25) is 9.69 Å². The van der Waals surface area contributed by atoms with Crippen LogP contribution in [0.5, 0.6) is 0 Å². The minimum absolute atomic E-state index is 0.0610. The number of hydrogen-bond donors (Lipinski definition) is 2. The molecule has 1 amide bonds. The van der Waals surface area contributed by atoms with Gasteiger partial charge in [-0.1, -0.05) is 0 Å². The van der Waals surface area contributed by atoms with E-state index in [1.165, 1.54) is 0 Å². The van der Waals surface area contributed by atoms with Crippen molar-refractivity contribution in [2.45, 2.75) is 31.4 Å². The van der Waals surface area contributed by atoms with Gasteiger partial charge in [-0.05, 0) is 12.8 Å². The molecule has 2 fully saturated rings. The number of aliphatic carboxylic acids is 1. The first-order valence-corrected chi connectivity index (χ1v) is 6.02. The van der Waals surface area contributed by atoms with Crippen molar-refractivity contribution in [1.29, 1.82) is 0 Å². The lowest BCUT2D eigenvalue weighted by Crippen LogP contribution is -2.50. The number of morpholine rings is 1. The highest BCUT2D eigenvalue weighted by Crippen LogP contribution is 2.17. The SMILES string of the molecule is O=C1CC(N2CCOC(C(=O)O)C2)CCCN1. The molecular weight excluding hydrogens is 224 g/mol. The number of carboxylic acids is 1. The Balaban J connectivity index is 1.95. The zero-order valence-electron chi connectivity index (χ0n) is 9.72. The highest BCUT2D eigenvalue weighted by Gasteiger charge is 2.31. The number of nitrogens with one attached hydrogen (secondary N) is 1. The van der Waals surface area contributed by atoms with Crippen molar-refractivity contribution < 1.29 is 19.4 Å². The Bertz CT molecular complexity index is 308. The van der Waals surface area contributed by atoms with Gasteiger partial charge in [0, 0.05) is 32.1 Å². The number of carbonyl (C=O) groups is 2. The lowest BCUT2D eigenvalue weighted by atomic mass is 10.1. The molecule has 0 aromatic carbocycles. The Morgan fingerprint density at radius 3 is 3.12 bits per heavy atom. The lowest BCUT2D eigenvalue weighted by Gasteiger charge is -2.36. The summed E-state index contributed by atoms with van der Waals surface area (Å²) in [4.78, 5) is 24.4. The van der Waals surface area contributed by atoms with Gasteiger partial charge in [-0.15, -0.1) is 0 Å². The summed E-state index contributed by atoms with van der Waals surface area (Å²) in [6, 6.07) is 0.156. The fraction of sp³-hybridized carbons (Fsp3) is 0.818. The standard InChI is InChI=1S/C11H18N2O4/c14-10-6-8(2-1-3-12-10)13-4-5-17-9(7-13)11(15)16/h8-9H,1-7H2,(H,12,14)(H,15,16). The highest BCUT2D eigenvalue weighted by molar-refractivity contribution is 5.76. The van der Waals surface area contributed by atoms with Crippen LogP contribution in [-0.4, -0.2) is 60.3 Å². The van der Waals surface area contributed by atoms with Crippen molar-refractivity contribution in [2.24, 2.45) is 0 Å². The van der Waals surface area contributed by atoms with Crippen LogP contribution in [0.2, 0.25) is 0 Å². The maximum atomic E-state index is 11.5. The monoisotopic (exact) mass is 242 g/mol. The second kappa shape index (κ2) is 5.46. The van der Waals surface area contributed by atoms with E-state index in [9.17, 15) is 9.59 Å². The van der Waals surface area contributed by atoms with Crippen molar-refractivity contribution in [3.8, 4) is 0 Å². The number of ether oxygens (including phenoxy) is 1. The van der Waals surface area contributed by atoms with E-state index in [0.717, 1.165) is 19.4 Å². The summed E-state index contributed by atoms with van der Waals surface area (Å²) in [6.07, 6.45) is 1.60. The molecule has 2 unspecified atom stereocenters. The van der Waals surface area contributed by atoms with Crippen molar-refractivity contribution in [1.82, 2.24) is 10.2 Å². The average molecular weight is 242 g/mol. The second-order valence-corrected chi connectivity index (χ2v) is 4.54. The summed E-state index contributed by atoms with van der Waals surface area (Å²) in [6.45, 7) is 2.24. The first-order chi connectivity index (χ1) is 8.16. The molecule has 2 heterocycles. The molecule has 2 saturated heterocycles. The van der Waals surface area contributed by atoms with E-state index in [0.29, 0.717) is 26.1 Å². The fourth-order valence-electron chi connectivity index (χ4n) is 2.42. The predicted molar refractivity (Wildman–Crippen MR) is 59.6 cm³/mol. The molecule has 0 radical (unpaired) electrons. The first-order valence-electron chi connectivity index (χ1n) is 6.02. The van der Waals surface area contributed by atoms with Crippen LogP contribution >= 0.6 is 0 Å². The summed E-state index contributed by atoms with van der Waals surface area (Å²) in [7, 11) is 0. The first kappa shape index (κ1) is 12.3. The molecule has 6 heteroatoms. The van der Waals surface area contributed by atoms with E-state index in [-0.39, 0.29) is 11.9 Å². The van der Waals surface area contributed by atoms with Crippen LogP contribution in [0.3, 0.4) is 0 Å². The zero-order chi connectivity index (χ0) is 12.3. The normalized spacial score (nSPS) is 31.6. The van der Waals surface area contributed by atoms with Gasteiger partial charge < -0.3 is 15.2 Å². The van der Waals surface area contributed by atoms with Gasteiger partial charge in [0.15, 0.2) is 6.10 Å². The third-order valence-electron chi connectivity index (χ3n) is 3.35. The van der Waals surface area contributed by atoms with E-state index >= 15 is 0 Å². The van der Waals surface area contributed by atoms with E-state index < -0.39 is 12.1 Å². The number of amides is 1. The van der Waals surface area contributed by atoms with Gasteiger partial charge in [-0.2, -0.15) is 0 Å². The quantitative estimate of drug-likeness (QED) is 0.678. The summed E-state index contributed by atoms with van der Waals surface area (Å²) in [5.41, 5.74) is 0. The molecule has 0 bridgehead atoms. The van der Waals surface area contributed by atoms with E-state index in [1.54, 1.807) is 0 Å². The van der Waals surface area contributed by atoms with E-state index in [4.69, 9.17) is 9.84 Å². The van der Waals surface area contributed by atoms with Crippen LogP contribution in [0.4, 0.5) is 0 Å². The molecule has 2 N–H and O–H groups in total. The van der Waals surface area contributed by atoms with Crippen LogP contribution in [0.1, 0.15) is 19.3 Å². The summed E-state index contributed by atoms with van der Waals surface area (Å²) in [5.74, 6) is -0.862. The van der Waals surface area contributed by atoms with Crippen molar-refractivity contribution in [2.75, 3.05) is 26.2 Å². The molecule has 0 aromatic heterocycles. The Labute approximate surface area is 99.9 Å². The largest absolute Gasteiger partial charge is 0.479 e. The minimum atomic E-state index is -0.923. The second-order valence-electron chi connectivity index (χ2n) is 4.54. The summed E-state index contributed by atoms with van der Waals surface area (Å²) in [5, 5.41) is 11.8. The predicted octanol–water partition coefficient (Wildman–Crippen LogP) is -0.559. The zero-order valence-corrected chi connectivity index (χ0v) is 9.72. The van der Waals surface area contributed by atoms with Gasteiger partial charge in [0.25, 0.3) is 0 Å². The van der Waals surface area contributed by atoms with Crippen LogP contribution in [0, 0.1) is 0 Å². The lowest BCUT2D eigenvalue weighted by molar-refractivity contribution is -0.157. The Hall–Kier alpha value is -1.14. The minimum Gasteiger partial charge on any atom is -0.479 e. The molecule has 0 aliphatic carbocycles. The number of rotatable bonds is 2. The molecule has 96 valence electrons. The van der Waals surface area contributed by atoms with Crippen molar-refractivity contribution >= 4 is 11.9 Å². The van der Waals surface area contributed by atoms with Crippen molar-refractivity contribution in [3.63, 3.8) is 0 Å². The fourth-order valence-corrected chi connectivity index (χ4v) is 2.42. The van der Waals surface area contributed by atoms with Crippen LogP contribution in [0.15, 0.2) is 0 Å². The molecule has 17 heavy (non-hydrogen) atoms. The Morgan fingerprint density at radius 1 is 1.53 bits per heavy atom. The molecule has 0 spiro atoms. The molecule has 2 rings (SSSR count). The number of carboxylic acid groups (broad SMARTS) is 1. The molecule has 2 atom stereocenters. The summed E-state index contributed by atoms with van der Waals surface area (Å²) >= 11 is 0. The topological polar surface area (TPSA) is 78.9 Å². The smallest absolute Gasteiger partial charge is 0.334 e. The Kier molecular flexibility index (Phi) is 3.96. The van der Waals surface area contributed by atoms with Gasteiger partial charge >= 0.3 is 5.97 Å². The van der Waals surface area contributed by atoms with Gasteiger partial charge in [0.1, 0.15) is 0 Å². The Morgan fingerprint density at radius 2 is 2.35 bits per heavy atom. The third kappa shape index (κ3) is 3.17. The number of nitrogens with zero attached hydrogens (tertiary/aromatic N) is 1. The van der Waals surface area contributed by atoms with Gasteiger partial charge in [0.2, 0.25) is 5.91 Å². The molecule has 2 aliphatic rings. The molecule has 0 saturated carbocycles. The maximum Gasteiger partial charge on any atom is 0.334 e. The van der Waals surface area contributed by atoms with Crippen LogP contribution in [-0.2, 0) is 14.3 Å². The van der Waals surface area contributed by atoms with Gasteiger partial charge in [0.05, 0.1) is 6.61 Å². The molecule has 6 nitrogen and oxygen atoms in total. The third-order valence-corrected chi connectivity index (χ3v) is 3.35. The summed E-state index contributed by atoms with van der Waals surface area (Å²) < 4.78 is 5.18. The van der Waals surface area contributed by atoms with Crippen LogP contribution in [0.25, 0.3) is 0 Å². The molecule has 2 aliphatic heterocycles. The highest BCUT2D eigenvalue weighted by atomic mass is 16.5. The number of hydrogen-bond acceptors (Lipinski definition) is 4. The maximum absolute atomic E-state index is 11.5. The van der Waals surface area contributed by atoms with E-state index in [1.807, 2.05) is 0 Å². The number of carbonyl (C=O) groups excluding carboxylic acids is 1. The van der Waals surface area contributed by atoms with E-state index in [2.05, 4.69) is 10.2 Å². The average Bonchev–Trinajstić information content (AvgIpc) is 2.54. The van der Waals surface area contributed by atoms with Crippen LogP contribution < -0.4 is 5.32 Å².